The Morgan fingerprint density at radius 3 is 2.58 bits per heavy atom. The van der Waals surface area contributed by atoms with Gasteiger partial charge in [-0.15, -0.1) is 0 Å². The van der Waals surface area contributed by atoms with Gasteiger partial charge >= 0.3 is 5.97 Å². The first-order chi connectivity index (χ1) is 12.4. The van der Waals surface area contributed by atoms with Crippen molar-refractivity contribution in [2.24, 2.45) is 11.8 Å². The van der Waals surface area contributed by atoms with Gasteiger partial charge in [0.1, 0.15) is 5.54 Å². The number of unbranched alkanes of at least 4 members (excludes halogenated alkanes) is 1. The third kappa shape index (κ3) is 2.84. The maximum atomic E-state index is 12.7. The summed E-state index contributed by atoms with van der Waals surface area (Å²) in [7, 11) is 1.44. The van der Waals surface area contributed by atoms with Crippen molar-refractivity contribution in [1.29, 1.82) is 0 Å². The van der Waals surface area contributed by atoms with E-state index in [0.29, 0.717) is 12.8 Å². The van der Waals surface area contributed by atoms with Crippen molar-refractivity contribution in [3.05, 3.63) is 42.0 Å². The Hall–Kier alpha value is -2.47. The number of benzene rings is 1. The summed E-state index contributed by atoms with van der Waals surface area (Å²) < 4.78 is 0. The van der Waals surface area contributed by atoms with Crippen LogP contribution in [0.2, 0.25) is 0 Å². The summed E-state index contributed by atoms with van der Waals surface area (Å²) >= 11 is 0. The molecule has 1 aromatic rings. The molecule has 2 amide bonds. The van der Waals surface area contributed by atoms with E-state index < -0.39 is 35.3 Å². The largest absolute Gasteiger partial charge is 0.480 e. The lowest BCUT2D eigenvalue weighted by molar-refractivity contribution is -0.151. The zero-order valence-electron chi connectivity index (χ0n) is 15.0. The lowest BCUT2D eigenvalue weighted by atomic mass is 9.77. The molecule has 2 aliphatic rings. The van der Waals surface area contributed by atoms with Crippen LogP contribution in [0.3, 0.4) is 0 Å². The zero-order chi connectivity index (χ0) is 18.9. The van der Waals surface area contributed by atoms with E-state index in [1.54, 1.807) is 0 Å². The molecule has 0 aromatic heterocycles. The molecule has 3 rings (SSSR count). The van der Waals surface area contributed by atoms with Gasteiger partial charge in [0.25, 0.3) is 0 Å². The van der Waals surface area contributed by atoms with Gasteiger partial charge in [0.05, 0.1) is 11.8 Å². The van der Waals surface area contributed by atoms with Crippen LogP contribution in [-0.2, 0) is 14.4 Å². The van der Waals surface area contributed by atoms with Crippen molar-refractivity contribution in [1.82, 2.24) is 10.2 Å². The molecule has 0 aliphatic carbocycles. The second-order valence-electron chi connectivity index (χ2n) is 7.06. The molecule has 0 spiro atoms. The Bertz CT molecular complexity index is 745. The molecule has 2 N–H and O–H groups in total. The Morgan fingerprint density at radius 1 is 1.27 bits per heavy atom. The van der Waals surface area contributed by atoms with Gasteiger partial charge in [-0.25, -0.2) is 0 Å². The molecule has 1 aromatic carbocycles. The minimum absolute atomic E-state index is 0.310. The quantitative estimate of drug-likeness (QED) is 0.761. The molecule has 6 heteroatoms. The van der Waals surface area contributed by atoms with E-state index >= 15 is 0 Å². The van der Waals surface area contributed by atoms with Gasteiger partial charge in [-0.3, -0.25) is 24.6 Å². The number of nitrogens with zero attached hydrogens (tertiary/aromatic N) is 1. The number of hydrogen-bond acceptors (Lipinski definition) is 4. The second-order valence-corrected chi connectivity index (χ2v) is 7.06. The van der Waals surface area contributed by atoms with Gasteiger partial charge in [0, 0.05) is 13.1 Å². The number of amides is 2. The fourth-order valence-corrected chi connectivity index (χ4v) is 4.12. The number of rotatable bonds is 6. The smallest absolute Gasteiger partial charge is 0.324 e. The maximum absolute atomic E-state index is 12.7. The summed E-state index contributed by atoms with van der Waals surface area (Å²) in [5.74, 6) is -3.32. The van der Waals surface area contributed by atoms with Crippen molar-refractivity contribution in [3.8, 4) is 0 Å². The molecule has 0 bridgehead atoms. The lowest BCUT2D eigenvalue weighted by Gasteiger charge is -2.30. The maximum Gasteiger partial charge on any atom is 0.324 e. The monoisotopic (exact) mass is 356 g/mol. The van der Waals surface area contributed by atoms with E-state index in [1.807, 2.05) is 49.4 Å². The number of aliphatic carboxylic acids is 1. The number of carboxylic acid groups (broad SMARTS) is 1. The fraction of sp³-hybridized carbons (Fsp3) is 0.450. The first kappa shape index (κ1) is 18.3. The average Bonchev–Trinajstić information content (AvgIpc) is 3.09. The predicted octanol–water partition coefficient (Wildman–Crippen LogP) is 1.92. The molecule has 0 saturated carbocycles. The molecule has 4 unspecified atom stereocenters. The Labute approximate surface area is 152 Å². The van der Waals surface area contributed by atoms with Crippen LogP contribution in [0.25, 0.3) is 6.08 Å². The Kier molecular flexibility index (Phi) is 4.96. The van der Waals surface area contributed by atoms with Gasteiger partial charge in [-0.1, -0.05) is 62.2 Å². The number of imide groups is 1. The van der Waals surface area contributed by atoms with E-state index in [-0.39, 0.29) is 5.91 Å². The summed E-state index contributed by atoms with van der Waals surface area (Å²) in [6.07, 6.45) is 5.48. The highest BCUT2D eigenvalue weighted by Crippen LogP contribution is 2.45. The third-order valence-electron chi connectivity index (χ3n) is 5.52. The van der Waals surface area contributed by atoms with Crippen LogP contribution >= 0.6 is 0 Å². The molecular weight excluding hydrogens is 332 g/mol. The standard InChI is InChI=1S/C20H24N2O4/c1-3-4-12-20(19(25)26)16-15(17(23)22(2)18(16)24)14(21-20)11-10-13-8-6-5-7-9-13/h5-11,14-16,21H,3-4,12H2,1-2H3,(H,25,26)/b11-10+. The Balaban J connectivity index is 1.99. The van der Waals surface area contributed by atoms with Gasteiger partial charge in [-0.05, 0) is 12.0 Å². The summed E-state index contributed by atoms with van der Waals surface area (Å²) in [5, 5.41) is 13.1. The molecule has 4 atom stereocenters. The second kappa shape index (κ2) is 7.03. The van der Waals surface area contributed by atoms with Crippen LogP contribution in [0.4, 0.5) is 0 Å². The van der Waals surface area contributed by atoms with Gasteiger partial charge in [0.15, 0.2) is 0 Å². The van der Waals surface area contributed by atoms with E-state index in [1.165, 1.54) is 7.05 Å². The van der Waals surface area contributed by atoms with Crippen LogP contribution in [0.15, 0.2) is 36.4 Å². The van der Waals surface area contributed by atoms with Crippen LogP contribution in [0, 0.1) is 11.8 Å². The van der Waals surface area contributed by atoms with Crippen LogP contribution < -0.4 is 5.32 Å². The SMILES string of the molecule is CCCCC1(C(=O)O)NC(/C=C/c2ccccc2)C2C(=O)N(C)C(=O)C21. The first-order valence-corrected chi connectivity index (χ1v) is 8.98. The number of carbonyl (C=O) groups is 3. The fourth-order valence-electron chi connectivity index (χ4n) is 4.12. The van der Waals surface area contributed by atoms with Gasteiger partial charge in [0.2, 0.25) is 11.8 Å². The molecule has 6 nitrogen and oxygen atoms in total. The first-order valence-electron chi connectivity index (χ1n) is 8.98. The molecule has 2 heterocycles. The summed E-state index contributed by atoms with van der Waals surface area (Å²) in [6, 6.07) is 9.09. The van der Waals surface area contributed by atoms with Crippen LogP contribution in [0.1, 0.15) is 31.7 Å². The summed E-state index contributed by atoms with van der Waals surface area (Å²) in [5.41, 5.74) is -0.443. The molecule has 2 saturated heterocycles. The van der Waals surface area contributed by atoms with Crippen molar-refractivity contribution in [2.75, 3.05) is 7.05 Å². The molecule has 138 valence electrons. The molecular formula is C20H24N2O4. The number of fused-ring (bicyclic) bond motifs is 1. The lowest BCUT2D eigenvalue weighted by Crippen LogP contribution is -2.56. The van der Waals surface area contributed by atoms with Crippen molar-refractivity contribution >= 4 is 23.9 Å². The molecule has 26 heavy (non-hydrogen) atoms. The van der Waals surface area contributed by atoms with Crippen molar-refractivity contribution in [3.63, 3.8) is 0 Å². The number of hydrogen-bond donors (Lipinski definition) is 2. The zero-order valence-corrected chi connectivity index (χ0v) is 15.0. The normalized spacial score (nSPS) is 31.0. The Morgan fingerprint density at radius 2 is 1.96 bits per heavy atom. The highest BCUT2D eigenvalue weighted by atomic mass is 16.4. The van der Waals surface area contributed by atoms with E-state index in [0.717, 1.165) is 16.9 Å². The van der Waals surface area contributed by atoms with Crippen molar-refractivity contribution in [2.45, 2.75) is 37.8 Å². The summed E-state index contributed by atoms with van der Waals surface area (Å²) in [6.45, 7) is 1.97. The minimum atomic E-state index is -1.40. The topological polar surface area (TPSA) is 86.7 Å². The highest BCUT2D eigenvalue weighted by molar-refractivity contribution is 6.09. The van der Waals surface area contributed by atoms with E-state index in [4.69, 9.17) is 0 Å². The third-order valence-corrected chi connectivity index (χ3v) is 5.52. The van der Waals surface area contributed by atoms with Crippen molar-refractivity contribution < 1.29 is 19.5 Å². The average molecular weight is 356 g/mol. The predicted molar refractivity (Wildman–Crippen MR) is 97.0 cm³/mol. The summed E-state index contributed by atoms with van der Waals surface area (Å²) in [4.78, 5) is 38.6. The highest BCUT2D eigenvalue weighted by Gasteiger charge is 2.66. The number of likely N-dealkylation sites (tertiary alicyclic amines) is 1. The number of nitrogens with one attached hydrogen (secondary N) is 1. The molecule has 2 fully saturated rings. The van der Waals surface area contributed by atoms with E-state index in [9.17, 15) is 19.5 Å². The van der Waals surface area contributed by atoms with Crippen LogP contribution in [-0.4, -0.2) is 46.4 Å². The van der Waals surface area contributed by atoms with Gasteiger partial charge < -0.3 is 5.11 Å². The van der Waals surface area contributed by atoms with E-state index in [2.05, 4.69) is 5.32 Å². The van der Waals surface area contributed by atoms with Crippen LogP contribution in [0.5, 0.6) is 0 Å². The molecule has 2 aliphatic heterocycles. The minimum Gasteiger partial charge on any atom is -0.480 e. The molecule has 0 radical (unpaired) electrons. The number of carbonyl (C=O) groups excluding carboxylic acids is 2. The van der Waals surface area contributed by atoms with Gasteiger partial charge in [-0.2, -0.15) is 0 Å². The number of carboxylic acids is 1.